The highest BCUT2D eigenvalue weighted by molar-refractivity contribution is 7.99. The zero-order valence-corrected chi connectivity index (χ0v) is 15.6. The van der Waals surface area contributed by atoms with Gasteiger partial charge >= 0.3 is 0 Å². The molecule has 9 heteroatoms. The lowest BCUT2D eigenvalue weighted by molar-refractivity contribution is -0.118. The molecule has 2 heterocycles. The van der Waals surface area contributed by atoms with Crippen molar-refractivity contribution in [2.75, 3.05) is 26.0 Å². The number of para-hydroxylation sites is 2. The van der Waals surface area contributed by atoms with Gasteiger partial charge in [0.1, 0.15) is 6.61 Å². The van der Waals surface area contributed by atoms with E-state index in [-0.39, 0.29) is 11.7 Å². The maximum absolute atomic E-state index is 11.9. The van der Waals surface area contributed by atoms with Gasteiger partial charge in [-0.2, -0.15) is 0 Å². The van der Waals surface area contributed by atoms with Crippen LogP contribution in [0.3, 0.4) is 0 Å². The summed E-state index contributed by atoms with van der Waals surface area (Å²) in [7, 11) is 1.59. The number of ether oxygens (including phenoxy) is 2. The summed E-state index contributed by atoms with van der Waals surface area (Å²) in [6, 6.07) is 9.11. The van der Waals surface area contributed by atoms with Crippen LogP contribution in [0.15, 0.2) is 41.7 Å². The lowest BCUT2D eigenvalue weighted by atomic mass is 10.3. The van der Waals surface area contributed by atoms with Crippen molar-refractivity contribution in [3.63, 3.8) is 0 Å². The number of carbonyl (C=O) groups is 1. The molecular formula is C17H17ClN4O3S. The topological polar surface area (TPSA) is 89.1 Å². The molecule has 0 aliphatic carbocycles. The molecule has 0 radical (unpaired) electrons. The molecule has 2 N–H and O–H groups in total. The van der Waals surface area contributed by atoms with Gasteiger partial charge in [0, 0.05) is 6.20 Å². The molecule has 1 amide bonds. The van der Waals surface area contributed by atoms with E-state index in [0.29, 0.717) is 40.5 Å². The molecule has 136 valence electrons. The third kappa shape index (κ3) is 4.80. The minimum atomic E-state index is -0.106. The predicted octanol–water partition coefficient (Wildman–Crippen LogP) is 2.91. The number of halogens is 1. The number of pyridine rings is 1. The number of thioether (sulfide) groups is 1. The molecular weight excluding hydrogens is 376 g/mol. The highest BCUT2D eigenvalue weighted by atomic mass is 35.5. The first-order chi connectivity index (χ1) is 12.7. The maximum atomic E-state index is 11.9. The Labute approximate surface area is 159 Å². The van der Waals surface area contributed by atoms with Gasteiger partial charge in [-0.15, -0.1) is 0 Å². The zero-order valence-electron chi connectivity index (χ0n) is 14.0. The average Bonchev–Trinajstić information content (AvgIpc) is 3.06. The van der Waals surface area contributed by atoms with Crippen LogP contribution in [0, 0.1) is 0 Å². The van der Waals surface area contributed by atoms with Crippen LogP contribution >= 0.6 is 23.4 Å². The van der Waals surface area contributed by atoms with E-state index in [2.05, 4.69) is 20.3 Å². The molecule has 0 aliphatic heterocycles. The van der Waals surface area contributed by atoms with E-state index in [1.807, 2.05) is 24.3 Å². The summed E-state index contributed by atoms with van der Waals surface area (Å²) in [4.78, 5) is 23.4. The van der Waals surface area contributed by atoms with Crippen molar-refractivity contribution in [1.29, 1.82) is 0 Å². The van der Waals surface area contributed by atoms with Crippen LogP contribution in [0.5, 0.6) is 11.5 Å². The van der Waals surface area contributed by atoms with Crippen molar-refractivity contribution in [1.82, 2.24) is 20.3 Å². The van der Waals surface area contributed by atoms with Gasteiger partial charge in [0.15, 0.2) is 22.3 Å². The maximum Gasteiger partial charge on any atom is 0.230 e. The van der Waals surface area contributed by atoms with Crippen LogP contribution < -0.4 is 14.8 Å². The van der Waals surface area contributed by atoms with E-state index in [1.165, 1.54) is 18.0 Å². The molecule has 7 nitrogen and oxygen atoms in total. The van der Waals surface area contributed by atoms with Gasteiger partial charge in [-0.3, -0.25) is 4.79 Å². The number of carbonyl (C=O) groups excluding carboxylic acids is 1. The fraction of sp³-hybridized carbons (Fsp3) is 0.235. The number of imidazole rings is 1. The third-order valence-corrected chi connectivity index (χ3v) is 4.45. The normalized spacial score (nSPS) is 10.7. The summed E-state index contributed by atoms with van der Waals surface area (Å²) in [5.74, 6) is 1.44. The second-order valence-corrected chi connectivity index (χ2v) is 6.61. The fourth-order valence-corrected chi connectivity index (χ4v) is 3.06. The molecule has 3 rings (SSSR count). The predicted molar refractivity (Wildman–Crippen MR) is 101 cm³/mol. The smallest absolute Gasteiger partial charge is 0.230 e. The summed E-state index contributed by atoms with van der Waals surface area (Å²) in [5, 5.41) is 3.95. The van der Waals surface area contributed by atoms with E-state index in [0.717, 1.165) is 5.52 Å². The Bertz CT molecular complexity index is 903. The third-order valence-electron chi connectivity index (χ3n) is 3.37. The van der Waals surface area contributed by atoms with Crippen molar-refractivity contribution >= 4 is 40.4 Å². The molecule has 3 aromatic rings. The fourth-order valence-electron chi connectivity index (χ4n) is 2.20. The number of hydrogen-bond acceptors (Lipinski definition) is 6. The number of H-pyrrole nitrogens is 1. The highest BCUT2D eigenvalue weighted by Gasteiger charge is 2.08. The summed E-state index contributed by atoms with van der Waals surface area (Å²) in [6.07, 6.45) is 1.54. The van der Waals surface area contributed by atoms with E-state index in [4.69, 9.17) is 21.1 Å². The molecule has 0 spiro atoms. The SMILES string of the molecule is COc1ccccc1OCCNC(=O)CSc1nc2ncc(Cl)cc2[nH]1. The minimum absolute atomic E-state index is 0.106. The van der Waals surface area contributed by atoms with Gasteiger partial charge < -0.3 is 19.8 Å². The van der Waals surface area contributed by atoms with Crippen LogP contribution in [0.2, 0.25) is 5.02 Å². The molecule has 0 bridgehead atoms. The van der Waals surface area contributed by atoms with Gasteiger partial charge in [0.25, 0.3) is 0 Å². The Morgan fingerprint density at radius 2 is 2.15 bits per heavy atom. The first-order valence-electron chi connectivity index (χ1n) is 7.82. The molecule has 0 aliphatic rings. The number of nitrogens with zero attached hydrogens (tertiary/aromatic N) is 2. The van der Waals surface area contributed by atoms with Crippen LogP contribution in [0.1, 0.15) is 0 Å². The second kappa shape index (κ2) is 8.77. The molecule has 26 heavy (non-hydrogen) atoms. The van der Waals surface area contributed by atoms with Crippen molar-refractivity contribution in [3.8, 4) is 11.5 Å². The monoisotopic (exact) mass is 392 g/mol. The van der Waals surface area contributed by atoms with Crippen LogP contribution in [0.25, 0.3) is 11.2 Å². The van der Waals surface area contributed by atoms with Gasteiger partial charge in [-0.05, 0) is 18.2 Å². The molecule has 0 saturated carbocycles. The van der Waals surface area contributed by atoms with E-state index >= 15 is 0 Å². The number of fused-ring (bicyclic) bond motifs is 1. The summed E-state index contributed by atoms with van der Waals surface area (Å²) in [6.45, 7) is 0.749. The van der Waals surface area contributed by atoms with Crippen molar-refractivity contribution in [2.24, 2.45) is 0 Å². The van der Waals surface area contributed by atoms with Crippen LogP contribution in [0.4, 0.5) is 0 Å². The number of rotatable bonds is 8. The Balaban J connectivity index is 1.41. The van der Waals surface area contributed by atoms with E-state index < -0.39 is 0 Å². The van der Waals surface area contributed by atoms with Gasteiger partial charge in [0.2, 0.25) is 5.91 Å². The summed E-state index contributed by atoms with van der Waals surface area (Å²) < 4.78 is 10.8. The Hall–Kier alpha value is -2.45. The van der Waals surface area contributed by atoms with Crippen molar-refractivity contribution < 1.29 is 14.3 Å². The largest absolute Gasteiger partial charge is 0.493 e. The van der Waals surface area contributed by atoms with Crippen LogP contribution in [-0.4, -0.2) is 46.9 Å². The van der Waals surface area contributed by atoms with Gasteiger partial charge in [0.05, 0.1) is 29.9 Å². The molecule has 1 aromatic carbocycles. The minimum Gasteiger partial charge on any atom is -0.493 e. The van der Waals surface area contributed by atoms with Crippen LogP contribution in [-0.2, 0) is 4.79 Å². The van der Waals surface area contributed by atoms with Crippen molar-refractivity contribution in [2.45, 2.75) is 5.16 Å². The number of benzene rings is 1. The standard InChI is InChI=1S/C17H17ClN4O3S/c1-24-13-4-2-3-5-14(13)25-7-6-19-15(23)10-26-17-21-12-8-11(18)9-20-16(12)22-17/h2-5,8-9H,6-7,10H2,1H3,(H,19,23)(H,20,21,22). The lowest BCUT2D eigenvalue weighted by Crippen LogP contribution is -2.29. The first-order valence-corrected chi connectivity index (χ1v) is 9.18. The Morgan fingerprint density at radius 3 is 2.96 bits per heavy atom. The summed E-state index contributed by atoms with van der Waals surface area (Å²) in [5.41, 5.74) is 1.31. The molecule has 0 atom stereocenters. The Morgan fingerprint density at radius 1 is 1.35 bits per heavy atom. The quantitative estimate of drug-likeness (QED) is 0.452. The number of hydrogen-bond donors (Lipinski definition) is 2. The number of aromatic nitrogens is 3. The number of aromatic amines is 1. The summed E-state index contributed by atoms with van der Waals surface area (Å²) >= 11 is 7.19. The zero-order chi connectivity index (χ0) is 18.4. The highest BCUT2D eigenvalue weighted by Crippen LogP contribution is 2.25. The van der Waals surface area contributed by atoms with E-state index in [9.17, 15) is 4.79 Å². The van der Waals surface area contributed by atoms with Gasteiger partial charge in [-0.25, -0.2) is 9.97 Å². The first kappa shape index (κ1) is 18.3. The van der Waals surface area contributed by atoms with Gasteiger partial charge in [-0.1, -0.05) is 35.5 Å². The number of amides is 1. The number of nitrogens with one attached hydrogen (secondary N) is 2. The van der Waals surface area contributed by atoms with E-state index in [1.54, 1.807) is 13.2 Å². The van der Waals surface area contributed by atoms with Crippen molar-refractivity contribution in [3.05, 3.63) is 41.6 Å². The Kier molecular flexibility index (Phi) is 6.19. The molecule has 2 aromatic heterocycles. The second-order valence-electron chi connectivity index (χ2n) is 5.20. The molecule has 0 unspecified atom stereocenters. The molecule has 0 fully saturated rings. The molecule has 0 saturated heterocycles. The number of methoxy groups -OCH3 is 1. The lowest BCUT2D eigenvalue weighted by Gasteiger charge is -2.10. The average molecular weight is 393 g/mol.